The third-order valence-electron chi connectivity index (χ3n) is 1.75. The Labute approximate surface area is 78.0 Å². The Bertz CT molecular complexity index is 149. The van der Waals surface area contributed by atoms with Crippen molar-refractivity contribution in [2.24, 2.45) is 11.3 Å². The number of hydrogen-bond acceptors (Lipinski definition) is 1. The van der Waals surface area contributed by atoms with Crippen LogP contribution < -0.4 is 0 Å². The maximum absolute atomic E-state index is 10.4. The standard InChI is InChI=1S/C9H20O2S/c1-8(5-6-12(10)11)7-9(2,3)4/h8H,5-7H2,1-4H3,(H,10,11). The van der Waals surface area contributed by atoms with Crippen LogP contribution in [0.3, 0.4) is 0 Å². The van der Waals surface area contributed by atoms with E-state index in [1.54, 1.807) is 0 Å². The van der Waals surface area contributed by atoms with Gasteiger partial charge in [0.1, 0.15) is 0 Å². The molecule has 0 aliphatic rings. The van der Waals surface area contributed by atoms with E-state index < -0.39 is 11.1 Å². The Morgan fingerprint density at radius 2 is 1.92 bits per heavy atom. The molecule has 0 aromatic rings. The molecule has 2 nitrogen and oxygen atoms in total. The molecule has 0 bridgehead atoms. The second kappa shape index (κ2) is 4.97. The summed E-state index contributed by atoms with van der Waals surface area (Å²) in [5.41, 5.74) is 0.330. The molecule has 0 rings (SSSR count). The summed E-state index contributed by atoms with van der Waals surface area (Å²) in [5.74, 6) is 0.957. The van der Waals surface area contributed by atoms with Gasteiger partial charge in [-0.15, -0.1) is 0 Å². The third kappa shape index (κ3) is 8.21. The van der Waals surface area contributed by atoms with Gasteiger partial charge in [0.25, 0.3) is 0 Å². The molecular weight excluding hydrogens is 172 g/mol. The minimum atomic E-state index is -1.61. The summed E-state index contributed by atoms with van der Waals surface area (Å²) >= 11 is -1.61. The van der Waals surface area contributed by atoms with Gasteiger partial charge in [-0.2, -0.15) is 0 Å². The van der Waals surface area contributed by atoms with Crippen LogP contribution in [0.25, 0.3) is 0 Å². The van der Waals surface area contributed by atoms with Crippen LogP contribution in [-0.4, -0.2) is 14.5 Å². The molecule has 1 N–H and O–H groups in total. The molecule has 3 heteroatoms. The van der Waals surface area contributed by atoms with Crippen LogP contribution >= 0.6 is 0 Å². The highest BCUT2D eigenvalue weighted by atomic mass is 32.2. The Morgan fingerprint density at radius 1 is 1.42 bits per heavy atom. The summed E-state index contributed by atoms with van der Waals surface area (Å²) in [6.07, 6.45) is 1.96. The number of hydrogen-bond donors (Lipinski definition) is 1. The van der Waals surface area contributed by atoms with Gasteiger partial charge in [-0.05, 0) is 24.2 Å². The van der Waals surface area contributed by atoms with Crippen molar-refractivity contribution in [2.45, 2.75) is 40.5 Å². The Balaban J connectivity index is 3.60. The quantitative estimate of drug-likeness (QED) is 0.695. The molecule has 0 spiro atoms. The Morgan fingerprint density at radius 3 is 2.25 bits per heavy atom. The highest BCUT2D eigenvalue weighted by Gasteiger charge is 2.15. The van der Waals surface area contributed by atoms with Crippen molar-refractivity contribution in [3.63, 3.8) is 0 Å². The van der Waals surface area contributed by atoms with Gasteiger partial charge in [0.15, 0.2) is 11.1 Å². The van der Waals surface area contributed by atoms with E-state index in [-0.39, 0.29) is 0 Å². The molecule has 0 fully saturated rings. The first-order valence-corrected chi connectivity index (χ1v) is 5.66. The fourth-order valence-corrected chi connectivity index (χ4v) is 2.05. The molecule has 0 aliphatic carbocycles. The molecule has 12 heavy (non-hydrogen) atoms. The zero-order valence-corrected chi connectivity index (χ0v) is 9.28. The predicted octanol–water partition coefficient (Wildman–Crippen LogP) is 2.67. The van der Waals surface area contributed by atoms with Crippen LogP contribution in [0.15, 0.2) is 0 Å². The predicted molar refractivity (Wildman–Crippen MR) is 53.5 cm³/mol. The van der Waals surface area contributed by atoms with Crippen LogP contribution in [-0.2, 0) is 11.1 Å². The van der Waals surface area contributed by atoms with Crippen molar-refractivity contribution >= 4 is 11.1 Å². The Kier molecular flexibility index (Phi) is 5.02. The van der Waals surface area contributed by atoms with Crippen molar-refractivity contribution in [3.8, 4) is 0 Å². The van der Waals surface area contributed by atoms with Crippen molar-refractivity contribution in [3.05, 3.63) is 0 Å². The summed E-state index contributed by atoms with van der Waals surface area (Å²) in [4.78, 5) is 0. The van der Waals surface area contributed by atoms with Gasteiger partial charge < -0.3 is 4.55 Å². The molecule has 0 aliphatic heterocycles. The molecule has 2 unspecified atom stereocenters. The maximum Gasteiger partial charge on any atom is 0.152 e. The fourth-order valence-electron chi connectivity index (χ4n) is 1.45. The van der Waals surface area contributed by atoms with Crippen LogP contribution in [0.5, 0.6) is 0 Å². The van der Waals surface area contributed by atoms with Crippen molar-refractivity contribution in [1.82, 2.24) is 0 Å². The molecule has 0 radical (unpaired) electrons. The zero-order chi connectivity index (χ0) is 9.78. The second-order valence-electron chi connectivity index (χ2n) is 4.68. The molecular formula is C9H20O2S. The maximum atomic E-state index is 10.4. The lowest BCUT2D eigenvalue weighted by Gasteiger charge is -2.22. The molecule has 0 aromatic carbocycles. The molecule has 74 valence electrons. The SMILES string of the molecule is CC(CCS(=O)O)CC(C)(C)C. The lowest BCUT2D eigenvalue weighted by atomic mass is 9.84. The molecule has 2 atom stereocenters. The Hall–Kier alpha value is 0.110. The van der Waals surface area contributed by atoms with E-state index in [1.807, 2.05) is 0 Å². The first-order chi connectivity index (χ1) is 5.31. The zero-order valence-electron chi connectivity index (χ0n) is 8.46. The fraction of sp³-hybridized carbons (Fsp3) is 1.00. The summed E-state index contributed by atoms with van der Waals surface area (Å²) < 4.78 is 19.0. The highest BCUT2D eigenvalue weighted by molar-refractivity contribution is 7.79. The second-order valence-corrected chi connectivity index (χ2v) is 5.74. The smallest absolute Gasteiger partial charge is 0.152 e. The van der Waals surface area contributed by atoms with E-state index in [2.05, 4.69) is 27.7 Å². The van der Waals surface area contributed by atoms with Crippen LogP contribution in [0.2, 0.25) is 0 Å². The lowest BCUT2D eigenvalue weighted by Crippen LogP contribution is -2.12. The average Bonchev–Trinajstić information content (AvgIpc) is 1.79. The summed E-state index contributed by atoms with van der Waals surface area (Å²) in [6, 6.07) is 0. The number of rotatable bonds is 4. The van der Waals surface area contributed by atoms with Gasteiger partial charge in [-0.1, -0.05) is 27.7 Å². The van der Waals surface area contributed by atoms with Gasteiger partial charge in [-0.25, -0.2) is 4.21 Å². The molecule has 0 saturated carbocycles. The van der Waals surface area contributed by atoms with E-state index in [9.17, 15) is 4.21 Å². The topological polar surface area (TPSA) is 37.3 Å². The molecule has 0 aromatic heterocycles. The van der Waals surface area contributed by atoms with Crippen molar-refractivity contribution in [1.29, 1.82) is 0 Å². The van der Waals surface area contributed by atoms with Gasteiger partial charge in [0.05, 0.1) is 0 Å². The van der Waals surface area contributed by atoms with Gasteiger partial charge >= 0.3 is 0 Å². The van der Waals surface area contributed by atoms with Crippen molar-refractivity contribution in [2.75, 3.05) is 5.75 Å². The van der Waals surface area contributed by atoms with E-state index in [0.717, 1.165) is 12.8 Å². The van der Waals surface area contributed by atoms with Gasteiger partial charge in [-0.3, -0.25) is 0 Å². The minimum Gasteiger partial charge on any atom is -0.306 e. The van der Waals surface area contributed by atoms with Crippen LogP contribution in [0, 0.1) is 11.3 Å². The molecule has 0 amide bonds. The molecule has 0 saturated heterocycles. The first-order valence-electron chi connectivity index (χ1n) is 4.39. The lowest BCUT2D eigenvalue weighted by molar-refractivity contribution is 0.302. The largest absolute Gasteiger partial charge is 0.306 e. The van der Waals surface area contributed by atoms with Gasteiger partial charge in [0.2, 0.25) is 0 Å². The monoisotopic (exact) mass is 192 g/mol. The highest BCUT2D eigenvalue weighted by Crippen LogP contribution is 2.25. The van der Waals surface area contributed by atoms with E-state index in [4.69, 9.17) is 4.55 Å². The van der Waals surface area contributed by atoms with E-state index in [0.29, 0.717) is 17.1 Å². The van der Waals surface area contributed by atoms with Crippen molar-refractivity contribution < 1.29 is 8.76 Å². The minimum absolute atomic E-state index is 0.330. The summed E-state index contributed by atoms with van der Waals surface area (Å²) in [5, 5.41) is 0. The van der Waals surface area contributed by atoms with Gasteiger partial charge in [0, 0.05) is 5.75 Å². The van der Waals surface area contributed by atoms with E-state index >= 15 is 0 Å². The molecule has 0 heterocycles. The average molecular weight is 192 g/mol. The summed E-state index contributed by atoms with van der Waals surface area (Å²) in [6.45, 7) is 8.72. The van der Waals surface area contributed by atoms with Crippen LogP contribution in [0.1, 0.15) is 40.5 Å². The summed E-state index contributed by atoms with van der Waals surface area (Å²) in [7, 11) is 0. The van der Waals surface area contributed by atoms with E-state index in [1.165, 1.54) is 0 Å². The third-order valence-corrected chi connectivity index (χ3v) is 2.33. The van der Waals surface area contributed by atoms with Crippen LogP contribution in [0.4, 0.5) is 0 Å². The first kappa shape index (κ1) is 12.1. The normalized spacial score (nSPS) is 17.4.